The highest BCUT2D eigenvalue weighted by atomic mass is 16.5. The highest BCUT2D eigenvalue weighted by molar-refractivity contribution is 5.29. The fraction of sp³-hybridized carbons (Fsp3) is 0.706. The van der Waals surface area contributed by atoms with E-state index in [0.717, 1.165) is 43.4 Å². The van der Waals surface area contributed by atoms with Gasteiger partial charge in [0, 0.05) is 12.8 Å². The molecule has 0 radical (unpaired) electrons. The highest BCUT2D eigenvalue weighted by Crippen LogP contribution is 2.38. The first-order chi connectivity index (χ1) is 10.3. The summed E-state index contributed by atoms with van der Waals surface area (Å²) in [6.45, 7) is 6.08. The maximum atomic E-state index is 5.66. The molecule has 0 bridgehead atoms. The summed E-state index contributed by atoms with van der Waals surface area (Å²) in [6.07, 6.45) is 6.90. The topological polar surface area (TPSA) is 43.4 Å². The summed E-state index contributed by atoms with van der Waals surface area (Å²) in [5.74, 6) is 1.61. The van der Waals surface area contributed by atoms with Crippen molar-refractivity contribution in [3.05, 3.63) is 24.0 Å². The van der Waals surface area contributed by atoms with Gasteiger partial charge in [0.1, 0.15) is 5.75 Å². The van der Waals surface area contributed by atoms with E-state index in [0.29, 0.717) is 6.10 Å². The molecule has 1 N–H and O–H groups in total. The molecule has 1 unspecified atom stereocenters. The van der Waals surface area contributed by atoms with Crippen LogP contribution < -0.4 is 10.1 Å². The fourth-order valence-electron chi connectivity index (χ4n) is 3.02. The van der Waals surface area contributed by atoms with Crippen molar-refractivity contribution in [1.29, 1.82) is 0 Å². The van der Waals surface area contributed by atoms with E-state index in [9.17, 15) is 0 Å². The second kappa shape index (κ2) is 8.35. The van der Waals surface area contributed by atoms with E-state index in [1.807, 2.05) is 18.3 Å². The molecule has 1 fully saturated rings. The Morgan fingerprint density at radius 3 is 2.86 bits per heavy atom. The van der Waals surface area contributed by atoms with Crippen molar-refractivity contribution in [2.24, 2.45) is 5.92 Å². The fourth-order valence-corrected chi connectivity index (χ4v) is 3.02. The quantitative estimate of drug-likeness (QED) is 0.758. The molecule has 4 nitrogen and oxygen atoms in total. The third kappa shape index (κ3) is 4.42. The van der Waals surface area contributed by atoms with Crippen molar-refractivity contribution in [2.75, 3.05) is 20.3 Å². The van der Waals surface area contributed by atoms with Gasteiger partial charge in [0.25, 0.3) is 0 Å². The van der Waals surface area contributed by atoms with Crippen LogP contribution in [0.25, 0.3) is 0 Å². The second-order valence-electron chi connectivity index (χ2n) is 5.75. The first-order valence-electron chi connectivity index (χ1n) is 8.12. The lowest BCUT2D eigenvalue weighted by Gasteiger charge is -2.37. The Balaban J connectivity index is 1.98. The smallest absolute Gasteiger partial charge is 0.141 e. The third-order valence-corrected chi connectivity index (χ3v) is 4.15. The van der Waals surface area contributed by atoms with E-state index in [2.05, 4.69) is 24.1 Å². The van der Waals surface area contributed by atoms with E-state index in [4.69, 9.17) is 9.47 Å². The van der Waals surface area contributed by atoms with E-state index in [-0.39, 0.29) is 6.04 Å². The first kappa shape index (κ1) is 16.2. The summed E-state index contributed by atoms with van der Waals surface area (Å²) >= 11 is 0. The number of methoxy groups -OCH3 is 1. The van der Waals surface area contributed by atoms with Crippen LogP contribution in [0.5, 0.6) is 5.75 Å². The Morgan fingerprint density at radius 2 is 2.19 bits per heavy atom. The molecular formula is C17H28N2O2. The Bertz CT molecular complexity index is 419. The Hall–Kier alpha value is -1.13. The van der Waals surface area contributed by atoms with Crippen molar-refractivity contribution >= 4 is 0 Å². The van der Waals surface area contributed by atoms with Gasteiger partial charge in [-0.15, -0.1) is 0 Å². The number of rotatable bonds is 9. The molecule has 118 valence electrons. The van der Waals surface area contributed by atoms with Crippen LogP contribution in [-0.4, -0.2) is 31.3 Å². The first-order valence-corrected chi connectivity index (χ1v) is 8.12. The van der Waals surface area contributed by atoms with Crippen molar-refractivity contribution < 1.29 is 9.47 Å². The van der Waals surface area contributed by atoms with Gasteiger partial charge in [-0.25, -0.2) is 0 Å². The van der Waals surface area contributed by atoms with Crippen molar-refractivity contribution in [2.45, 2.75) is 51.7 Å². The summed E-state index contributed by atoms with van der Waals surface area (Å²) < 4.78 is 11.1. The molecule has 0 saturated heterocycles. The van der Waals surface area contributed by atoms with Crippen LogP contribution in [-0.2, 0) is 4.74 Å². The molecular weight excluding hydrogens is 264 g/mol. The molecule has 0 spiro atoms. The standard InChI is InChI=1S/C17H28N2O2/c1-4-8-18-15(12-13-10-14(11-13)21-5-2)17-16(20-3)7-6-9-19-17/h6-7,9,13-15,18H,4-5,8,10-12H2,1-3H3. The second-order valence-corrected chi connectivity index (χ2v) is 5.75. The normalized spacial score (nSPS) is 22.6. The van der Waals surface area contributed by atoms with Crippen LogP contribution >= 0.6 is 0 Å². The SMILES string of the molecule is CCCNC(CC1CC(OCC)C1)c1ncccc1OC. The third-order valence-electron chi connectivity index (χ3n) is 4.15. The van der Waals surface area contributed by atoms with Gasteiger partial charge in [-0.2, -0.15) is 0 Å². The van der Waals surface area contributed by atoms with Crippen molar-refractivity contribution in [1.82, 2.24) is 10.3 Å². The molecule has 1 heterocycles. The maximum Gasteiger partial charge on any atom is 0.141 e. The molecule has 1 aromatic rings. The zero-order valence-corrected chi connectivity index (χ0v) is 13.5. The van der Waals surface area contributed by atoms with E-state index >= 15 is 0 Å². The Morgan fingerprint density at radius 1 is 1.38 bits per heavy atom. The molecule has 4 heteroatoms. The number of nitrogens with zero attached hydrogens (tertiary/aromatic N) is 1. The van der Waals surface area contributed by atoms with Crippen LogP contribution in [0.2, 0.25) is 0 Å². The van der Waals surface area contributed by atoms with Gasteiger partial charge in [0.2, 0.25) is 0 Å². The number of pyridine rings is 1. The molecule has 21 heavy (non-hydrogen) atoms. The summed E-state index contributed by atoms with van der Waals surface area (Å²) in [5.41, 5.74) is 1.04. The van der Waals surface area contributed by atoms with E-state index < -0.39 is 0 Å². The maximum absolute atomic E-state index is 5.66. The monoisotopic (exact) mass is 292 g/mol. The molecule has 1 saturated carbocycles. The summed E-state index contributed by atoms with van der Waals surface area (Å²) in [6, 6.07) is 4.19. The van der Waals surface area contributed by atoms with Crippen LogP contribution in [0, 0.1) is 5.92 Å². The van der Waals surface area contributed by atoms with Crippen LogP contribution in [0.1, 0.15) is 51.3 Å². The van der Waals surface area contributed by atoms with Gasteiger partial charge < -0.3 is 14.8 Å². The molecule has 1 aromatic heterocycles. The van der Waals surface area contributed by atoms with Gasteiger partial charge in [0.15, 0.2) is 0 Å². The molecule has 1 aliphatic rings. The highest BCUT2D eigenvalue weighted by Gasteiger charge is 2.32. The largest absolute Gasteiger partial charge is 0.495 e. The van der Waals surface area contributed by atoms with E-state index in [1.54, 1.807) is 7.11 Å². The lowest BCUT2D eigenvalue weighted by molar-refractivity contribution is -0.0293. The van der Waals surface area contributed by atoms with Crippen molar-refractivity contribution in [3.63, 3.8) is 0 Å². The number of ether oxygens (including phenoxy) is 2. The summed E-state index contributed by atoms with van der Waals surface area (Å²) in [4.78, 5) is 4.55. The zero-order chi connectivity index (χ0) is 15.1. The van der Waals surface area contributed by atoms with E-state index in [1.165, 1.54) is 12.8 Å². The molecule has 2 rings (SSSR count). The van der Waals surface area contributed by atoms with Gasteiger partial charge in [-0.05, 0) is 57.2 Å². The number of nitrogens with one attached hydrogen (secondary N) is 1. The molecule has 1 atom stereocenters. The minimum Gasteiger partial charge on any atom is -0.495 e. The summed E-state index contributed by atoms with van der Waals surface area (Å²) in [7, 11) is 1.71. The van der Waals surface area contributed by atoms with Crippen LogP contribution in [0.4, 0.5) is 0 Å². The predicted octanol–water partition coefficient (Wildman–Crippen LogP) is 3.34. The van der Waals surface area contributed by atoms with Gasteiger partial charge in [-0.1, -0.05) is 6.92 Å². The molecule has 1 aliphatic carbocycles. The van der Waals surface area contributed by atoms with Crippen LogP contribution in [0.15, 0.2) is 18.3 Å². The van der Waals surface area contributed by atoms with Gasteiger partial charge in [0.05, 0.1) is 24.9 Å². The predicted molar refractivity (Wildman–Crippen MR) is 84.6 cm³/mol. The lowest BCUT2D eigenvalue weighted by Crippen LogP contribution is -2.35. The minimum absolute atomic E-state index is 0.272. The minimum atomic E-state index is 0.272. The van der Waals surface area contributed by atoms with Gasteiger partial charge >= 0.3 is 0 Å². The summed E-state index contributed by atoms with van der Waals surface area (Å²) in [5, 5.41) is 3.62. The molecule has 0 aromatic carbocycles. The number of hydrogen-bond acceptors (Lipinski definition) is 4. The zero-order valence-electron chi connectivity index (χ0n) is 13.5. The number of aromatic nitrogens is 1. The average Bonchev–Trinajstić information content (AvgIpc) is 2.48. The Kier molecular flexibility index (Phi) is 6.46. The Labute approximate surface area is 128 Å². The van der Waals surface area contributed by atoms with Crippen molar-refractivity contribution in [3.8, 4) is 5.75 Å². The molecule has 0 aliphatic heterocycles. The van der Waals surface area contributed by atoms with Gasteiger partial charge in [-0.3, -0.25) is 4.98 Å². The van der Waals surface area contributed by atoms with Crippen LogP contribution in [0.3, 0.4) is 0 Å². The lowest BCUT2D eigenvalue weighted by atomic mass is 9.77. The number of hydrogen-bond donors (Lipinski definition) is 1. The molecule has 0 amide bonds. The average molecular weight is 292 g/mol.